The fraction of sp³-hybridized carbons (Fsp3) is 0.500. The number of aromatic hydroxyl groups is 1. The molecule has 3 nitrogen and oxygen atoms in total. The minimum absolute atomic E-state index is 0.275. The Hall–Kier alpha value is -0.990. The van der Waals surface area contributed by atoms with Gasteiger partial charge in [-0.1, -0.05) is 6.92 Å². The van der Waals surface area contributed by atoms with Crippen molar-refractivity contribution in [3.8, 4) is 5.88 Å². The molecule has 1 aromatic rings. The van der Waals surface area contributed by atoms with Gasteiger partial charge in [-0.25, -0.2) is 4.68 Å². The molecule has 0 bridgehead atoms. The van der Waals surface area contributed by atoms with E-state index in [1.165, 1.54) is 4.68 Å². The third kappa shape index (κ3) is 0.896. The molecular formula is C6H10N2O. The summed E-state index contributed by atoms with van der Waals surface area (Å²) < 4.78 is 1.46. The van der Waals surface area contributed by atoms with Gasteiger partial charge in [0.25, 0.3) is 0 Å². The van der Waals surface area contributed by atoms with Gasteiger partial charge in [0.2, 0.25) is 5.88 Å². The molecule has 0 aromatic carbocycles. The second-order valence-corrected chi connectivity index (χ2v) is 1.97. The van der Waals surface area contributed by atoms with Crippen molar-refractivity contribution in [2.75, 3.05) is 0 Å². The van der Waals surface area contributed by atoms with E-state index in [2.05, 4.69) is 5.10 Å². The summed E-state index contributed by atoms with van der Waals surface area (Å²) in [6.07, 6.45) is 2.51. The summed E-state index contributed by atoms with van der Waals surface area (Å²) in [7, 11) is 1.72. The van der Waals surface area contributed by atoms with E-state index in [-0.39, 0.29) is 5.88 Å². The lowest BCUT2D eigenvalue weighted by Gasteiger charge is -1.92. The summed E-state index contributed by atoms with van der Waals surface area (Å²) in [6.45, 7) is 1.98. The lowest BCUT2D eigenvalue weighted by Crippen LogP contribution is -1.87. The molecule has 0 saturated carbocycles. The Morgan fingerprint density at radius 1 is 1.78 bits per heavy atom. The van der Waals surface area contributed by atoms with E-state index in [9.17, 15) is 0 Å². The second kappa shape index (κ2) is 2.09. The minimum atomic E-state index is 0.275. The minimum Gasteiger partial charge on any atom is -0.493 e. The van der Waals surface area contributed by atoms with Gasteiger partial charge < -0.3 is 5.11 Å². The van der Waals surface area contributed by atoms with Crippen LogP contribution in [0.25, 0.3) is 0 Å². The van der Waals surface area contributed by atoms with Crippen LogP contribution in [0.15, 0.2) is 6.20 Å². The van der Waals surface area contributed by atoms with Crippen LogP contribution >= 0.6 is 0 Å². The van der Waals surface area contributed by atoms with Crippen LogP contribution in [0.5, 0.6) is 5.88 Å². The molecule has 0 fully saturated rings. The van der Waals surface area contributed by atoms with Crippen LogP contribution in [0.4, 0.5) is 0 Å². The van der Waals surface area contributed by atoms with E-state index < -0.39 is 0 Å². The first kappa shape index (κ1) is 6.13. The van der Waals surface area contributed by atoms with Crippen molar-refractivity contribution >= 4 is 0 Å². The van der Waals surface area contributed by atoms with Crippen LogP contribution in [0, 0.1) is 0 Å². The first-order chi connectivity index (χ1) is 4.25. The van der Waals surface area contributed by atoms with E-state index in [0.29, 0.717) is 0 Å². The summed E-state index contributed by atoms with van der Waals surface area (Å²) in [5.41, 5.74) is 0.900. The van der Waals surface area contributed by atoms with Crippen LogP contribution in [0.3, 0.4) is 0 Å². The van der Waals surface area contributed by atoms with E-state index in [1.807, 2.05) is 6.92 Å². The Labute approximate surface area is 53.9 Å². The zero-order valence-electron chi connectivity index (χ0n) is 5.63. The molecule has 0 atom stereocenters. The maximum absolute atomic E-state index is 9.14. The number of nitrogens with zero attached hydrogens (tertiary/aromatic N) is 2. The van der Waals surface area contributed by atoms with Crippen molar-refractivity contribution < 1.29 is 5.11 Å². The molecule has 1 N–H and O–H groups in total. The van der Waals surface area contributed by atoms with Crippen LogP contribution in [0.2, 0.25) is 0 Å². The first-order valence-electron chi connectivity index (χ1n) is 2.95. The molecule has 1 aromatic heterocycles. The molecule has 3 heteroatoms. The van der Waals surface area contributed by atoms with Crippen molar-refractivity contribution in [2.45, 2.75) is 13.3 Å². The predicted molar refractivity (Wildman–Crippen MR) is 34.3 cm³/mol. The normalized spacial score (nSPS) is 10.0. The van der Waals surface area contributed by atoms with Gasteiger partial charge in [0, 0.05) is 12.6 Å². The van der Waals surface area contributed by atoms with Gasteiger partial charge in [-0.2, -0.15) is 5.10 Å². The highest BCUT2D eigenvalue weighted by molar-refractivity contribution is 5.21. The summed E-state index contributed by atoms with van der Waals surface area (Å²) in [6, 6.07) is 0. The zero-order valence-corrected chi connectivity index (χ0v) is 5.63. The summed E-state index contributed by atoms with van der Waals surface area (Å²) in [5, 5.41) is 13.0. The zero-order chi connectivity index (χ0) is 6.85. The molecule has 0 saturated heterocycles. The van der Waals surface area contributed by atoms with Gasteiger partial charge >= 0.3 is 0 Å². The van der Waals surface area contributed by atoms with Crippen LogP contribution in [0.1, 0.15) is 12.5 Å². The largest absolute Gasteiger partial charge is 0.493 e. The number of hydrogen-bond acceptors (Lipinski definition) is 2. The third-order valence-electron chi connectivity index (χ3n) is 1.36. The quantitative estimate of drug-likeness (QED) is 0.601. The number of hydrogen-bond donors (Lipinski definition) is 1. The summed E-state index contributed by atoms with van der Waals surface area (Å²) in [5.74, 6) is 0.275. The van der Waals surface area contributed by atoms with E-state index in [4.69, 9.17) is 5.11 Å². The van der Waals surface area contributed by atoms with E-state index in [1.54, 1.807) is 13.2 Å². The highest BCUT2D eigenvalue weighted by Crippen LogP contribution is 2.13. The lowest BCUT2D eigenvalue weighted by atomic mass is 10.3. The average molecular weight is 126 g/mol. The number of rotatable bonds is 1. The van der Waals surface area contributed by atoms with Gasteiger partial charge in [0.15, 0.2) is 0 Å². The van der Waals surface area contributed by atoms with Crippen molar-refractivity contribution in [2.24, 2.45) is 7.05 Å². The van der Waals surface area contributed by atoms with Crippen LogP contribution < -0.4 is 0 Å². The first-order valence-corrected chi connectivity index (χ1v) is 2.95. The Kier molecular flexibility index (Phi) is 1.42. The fourth-order valence-electron chi connectivity index (χ4n) is 0.726. The van der Waals surface area contributed by atoms with Crippen molar-refractivity contribution in [3.05, 3.63) is 11.8 Å². The van der Waals surface area contributed by atoms with Gasteiger partial charge in [-0.15, -0.1) is 0 Å². The highest BCUT2D eigenvalue weighted by Gasteiger charge is 2.01. The van der Waals surface area contributed by atoms with Crippen molar-refractivity contribution in [3.63, 3.8) is 0 Å². The topological polar surface area (TPSA) is 38.0 Å². The Balaban J connectivity index is 3.04. The van der Waals surface area contributed by atoms with Crippen molar-refractivity contribution in [1.29, 1.82) is 0 Å². The summed E-state index contributed by atoms with van der Waals surface area (Å²) in [4.78, 5) is 0. The molecule has 0 radical (unpaired) electrons. The Bertz CT molecular complexity index is 205. The maximum Gasteiger partial charge on any atom is 0.212 e. The van der Waals surface area contributed by atoms with E-state index >= 15 is 0 Å². The monoisotopic (exact) mass is 126 g/mol. The Morgan fingerprint density at radius 3 is 2.67 bits per heavy atom. The number of aromatic nitrogens is 2. The summed E-state index contributed by atoms with van der Waals surface area (Å²) >= 11 is 0. The molecule has 1 heterocycles. The molecule has 9 heavy (non-hydrogen) atoms. The Morgan fingerprint density at radius 2 is 2.44 bits per heavy atom. The molecule has 1 rings (SSSR count). The van der Waals surface area contributed by atoms with Crippen molar-refractivity contribution in [1.82, 2.24) is 9.78 Å². The molecule has 0 spiro atoms. The highest BCUT2D eigenvalue weighted by atomic mass is 16.3. The van der Waals surface area contributed by atoms with E-state index in [0.717, 1.165) is 12.0 Å². The van der Waals surface area contributed by atoms with Crippen LogP contribution in [-0.4, -0.2) is 14.9 Å². The van der Waals surface area contributed by atoms with Gasteiger partial charge in [0.05, 0.1) is 6.20 Å². The lowest BCUT2D eigenvalue weighted by molar-refractivity contribution is 0.414. The molecular weight excluding hydrogens is 116 g/mol. The molecule has 0 unspecified atom stereocenters. The SMILES string of the molecule is CCc1cnn(C)c1O. The molecule has 0 aliphatic heterocycles. The molecule has 50 valence electrons. The average Bonchev–Trinajstić information content (AvgIpc) is 2.15. The van der Waals surface area contributed by atoms with Gasteiger partial charge in [-0.3, -0.25) is 0 Å². The predicted octanol–water partition coefficient (Wildman–Crippen LogP) is 0.688. The second-order valence-electron chi connectivity index (χ2n) is 1.97. The van der Waals surface area contributed by atoms with Gasteiger partial charge in [-0.05, 0) is 6.42 Å². The molecule has 0 amide bonds. The van der Waals surface area contributed by atoms with Crippen LogP contribution in [-0.2, 0) is 13.5 Å². The maximum atomic E-state index is 9.14. The molecule has 0 aliphatic carbocycles. The molecule has 0 aliphatic rings. The number of aryl methyl sites for hydroxylation is 2. The third-order valence-corrected chi connectivity index (χ3v) is 1.36. The van der Waals surface area contributed by atoms with Gasteiger partial charge in [0.1, 0.15) is 0 Å². The standard InChI is InChI=1S/C6H10N2O/c1-3-5-4-7-8(2)6(5)9/h4,9H,3H2,1-2H3. The smallest absolute Gasteiger partial charge is 0.212 e. The fourth-order valence-corrected chi connectivity index (χ4v) is 0.726.